The number of aromatic nitrogens is 1. The van der Waals surface area contributed by atoms with E-state index >= 15 is 0 Å². The largest absolute Gasteiger partial charge is 0.375 e. The molecule has 0 bridgehead atoms. The van der Waals surface area contributed by atoms with Crippen molar-refractivity contribution in [3.63, 3.8) is 0 Å². The molecule has 0 aliphatic carbocycles. The van der Waals surface area contributed by atoms with Crippen LogP contribution in [0.15, 0.2) is 34.4 Å². The van der Waals surface area contributed by atoms with Gasteiger partial charge in [-0.15, -0.1) is 0 Å². The van der Waals surface area contributed by atoms with Gasteiger partial charge < -0.3 is 19.7 Å². The number of hydrogen-bond acceptors (Lipinski definition) is 6. The second-order valence-electron chi connectivity index (χ2n) is 6.73. The third-order valence-electron chi connectivity index (χ3n) is 4.72. The molecule has 2 aliphatic rings. The molecule has 2 unspecified atom stereocenters. The molecule has 3 heterocycles. The molecule has 2 fully saturated rings. The molecular formula is C18H29N5O4S. The van der Waals surface area contributed by atoms with Crippen LogP contribution >= 0.6 is 0 Å². The van der Waals surface area contributed by atoms with Crippen LogP contribution in [0.5, 0.6) is 0 Å². The molecule has 2 aliphatic heterocycles. The molecular weight excluding hydrogens is 382 g/mol. The van der Waals surface area contributed by atoms with Crippen LogP contribution in [0.25, 0.3) is 0 Å². The lowest BCUT2D eigenvalue weighted by molar-refractivity contribution is -0.0817. The number of aliphatic imine (C=N–C) groups is 1. The molecule has 28 heavy (non-hydrogen) atoms. The summed E-state index contributed by atoms with van der Waals surface area (Å²) in [5, 5.41) is 3.29. The van der Waals surface area contributed by atoms with Gasteiger partial charge in [0.25, 0.3) is 0 Å². The first kappa shape index (κ1) is 21.0. The van der Waals surface area contributed by atoms with Gasteiger partial charge in [0.15, 0.2) is 5.96 Å². The first-order valence-electron chi connectivity index (χ1n) is 9.76. The van der Waals surface area contributed by atoms with Crippen LogP contribution in [0.3, 0.4) is 0 Å². The number of sulfonamides is 1. The van der Waals surface area contributed by atoms with Gasteiger partial charge in [-0.2, -0.15) is 0 Å². The fourth-order valence-corrected chi connectivity index (χ4v) is 4.33. The fraction of sp³-hybridized carbons (Fsp3) is 0.667. The number of morpholine rings is 1. The molecule has 3 rings (SSSR count). The van der Waals surface area contributed by atoms with Gasteiger partial charge in [-0.1, -0.05) is 0 Å². The van der Waals surface area contributed by atoms with Crippen molar-refractivity contribution in [3.8, 4) is 0 Å². The van der Waals surface area contributed by atoms with E-state index in [0.717, 1.165) is 45.0 Å². The Hall–Kier alpha value is -1.75. The standard InChI is InChI=1S/C18H29N5O4S/c1-2-20-18(23-10-12-27-17(14-23)16-6-4-11-26-16)21-8-9-22-28(24,25)15-5-3-7-19-13-15/h3,5,7,13,16-17,22H,2,4,6,8-12,14H2,1H3,(H,20,21). The number of hydrogen-bond donors (Lipinski definition) is 2. The molecule has 0 radical (unpaired) electrons. The van der Waals surface area contributed by atoms with Gasteiger partial charge in [0.05, 0.1) is 19.3 Å². The minimum atomic E-state index is -3.57. The van der Waals surface area contributed by atoms with Crippen LogP contribution in [0.2, 0.25) is 0 Å². The normalized spacial score (nSPS) is 23.8. The summed E-state index contributed by atoms with van der Waals surface area (Å²) in [6, 6.07) is 3.11. The smallest absolute Gasteiger partial charge is 0.242 e. The van der Waals surface area contributed by atoms with Crippen molar-refractivity contribution in [1.29, 1.82) is 0 Å². The Kier molecular flexibility index (Phi) is 7.60. The van der Waals surface area contributed by atoms with Crippen molar-refractivity contribution in [2.45, 2.75) is 36.9 Å². The highest BCUT2D eigenvalue weighted by molar-refractivity contribution is 7.89. The molecule has 0 aromatic carbocycles. The van der Waals surface area contributed by atoms with Crippen LogP contribution in [-0.2, 0) is 19.5 Å². The van der Waals surface area contributed by atoms with E-state index in [4.69, 9.17) is 9.47 Å². The Morgan fingerprint density at radius 1 is 1.36 bits per heavy atom. The van der Waals surface area contributed by atoms with Crippen molar-refractivity contribution in [2.24, 2.45) is 4.99 Å². The summed E-state index contributed by atoms with van der Waals surface area (Å²) in [5.74, 6) is 0.773. The average Bonchev–Trinajstić information content (AvgIpc) is 3.26. The molecule has 9 nitrogen and oxygen atoms in total. The van der Waals surface area contributed by atoms with Gasteiger partial charge in [0.2, 0.25) is 10.0 Å². The van der Waals surface area contributed by atoms with Gasteiger partial charge >= 0.3 is 0 Å². The summed E-state index contributed by atoms with van der Waals surface area (Å²) in [6.45, 7) is 6.20. The van der Waals surface area contributed by atoms with Gasteiger partial charge in [-0.25, -0.2) is 13.1 Å². The molecule has 2 N–H and O–H groups in total. The predicted molar refractivity (Wildman–Crippen MR) is 106 cm³/mol. The van der Waals surface area contributed by atoms with E-state index in [2.05, 4.69) is 24.9 Å². The minimum absolute atomic E-state index is 0.0455. The average molecular weight is 412 g/mol. The Labute approximate surface area is 166 Å². The third-order valence-corrected chi connectivity index (χ3v) is 6.16. The van der Waals surface area contributed by atoms with Crippen molar-refractivity contribution in [3.05, 3.63) is 24.5 Å². The molecule has 0 saturated carbocycles. The summed E-state index contributed by atoms with van der Waals surface area (Å²) in [7, 11) is -3.57. The van der Waals surface area contributed by atoms with Crippen molar-refractivity contribution in [2.75, 3.05) is 45.9 Å². The molecule has 1 aromatic heterocycles. The van der Waals surface area contributed by atoms with Crippen LogP contribution < -0.4 is 10.0 Å². The van der Waals surface area contributed by atoms with Gasteiger partial charge in [-0.3, -0.25) is 9.98 Å². The predicted octanol–water partition coefficient (Wildman–Crippen LogP) is 0.205. The summed E-state index contributed by atoms with van der Waals surface area (Å²) >= 11 is 0. The van der Waals surface area contributed by atoms with Crippen LogP contribution in [0.1, 0.15) is 19.8 Å². The number of nitrogens with zero attached hydrogens (tertiary/aromatic N) is 3. The second kappa shape index (κ2) is 10.1. The maximum atomic E-state index is 12.2. The highest BCUT2D eigenvalue weighted by Crippen LogP contribution is 2.21. The topological polar surface area (TPSA) is 105 Å². The van der Waals surface area contributed by atoms with Crippen LogP contribution in [-0.4, -0.2) is 82.4 Å². The van der Waals surface area contributed by atoms with E-state index in [1.54, 1.807) is 6.07 Å². The molecule has 2 saturated heterocycles. The second-order valence-corrected chi connectivity index (χ2v) is 8.50. The zero-order valence-electron chi connectivity index (χ0n) is 16.2. The summed E-state index contributed by atoms with van der Waals surface area (Å²) < 4.78 is 38.7. The van der Waals surface area contributed by atoms with E-state index in [9.17, 15) is 8.42 Å². The lowest BCUT2D eigenvalue weighted by Crippen LogP contribution is -2.53. The molecule has 0 amide bonds. The molecule has 156 valence electrons. The van der Waals surface area contributed by atoms with Crippen molar-refractivity contribution < 1.29 is 17.9 Å². The molecule has 10 heteroatoms. The zero-order chi connectivity index (χ0) is 19.8. The maximum absolute atomic E-state index is 12.2. The van der Waals surface area contributed by atoms with E-state index < -0.39 is 10.0 Å². The van der Waals surface area contributed by atoms with Gasteiger partial charge in [-0.05, 0) is 31.9 Å². The van der Waals surface area contributed by atoms with Gasteiger partial charge in [0, 0.05) is 45.2 Å². The number of nitrogens with one attached hydrogen (secondary N) is 2. The van der Waals surface area contributed by atoms with Crippen LogP contribution in [0, 0.1) is 0 Å². The Balaban J connectivity index is 1.55. The lowest BCUT2D eigenvalue weighted by atomic mass is 10.1. The molecule has 1 aromatic rings. The molecule has 0 spiro atoms. The van der Waals surface area contributed by atoms with E-state index in [0.29, 0.717) is 13.2 Å². The summed E-state index contributed by atoms with van der Waals surface area (Å²) in [5.41, 5.74) is 0. The Bertz CT molecular complexity index is 738. The first-order valence-corrected chi connectivity index (χ1v) is 11.2. The van der Waals surface area contributed by atoms with E-state index in [-0.39, 0.29) is 23.6 Å². The third kappa shape index (κ3) is 5.63. The summed E-state index contributed by atoms with van der Waals surface area (Å²) in [4.78, 5) is 10.7. The zero-order valence-corrected chi connectivity index (χ0v) is 17.0. The summed E-state index contributed by atoms with van der Waals surface area (Å²) in [6.07, 6.45) is 5.17. The van der Waals surface area contributed by atoms with Gasteiger partial charge in [0.1, 0.15) is 11.0 Å². The molecule has 2 atom stereocenters. The number of rotatable bonds is 7. The minimum Gasteiger partial charge on any atom is -0.375 e. The maximum Gasteiger partial charge on any atom is 0.242 e. The van der Waals surface area contributed by atoms with E-state index in [1.807, 2.05) is 6.92 Å². The van der Waals surface area contributed by atoms with Crippen molar-refractivity contribution >= 4 is 16.0 Å². The van der Waals surface area contributed by atoms with Crippen molar-refractivity contribution in [1.82, 2.24) is 19.9 Å². The Morgan fingerprint density at radius 2 is 2.21 bits per heavy atom. The lowest BCUT2D eigenvalue weighted by Gasteiger charge is -2.37. The monoisotopic (exact) mass is 411 g/mol. The van der Waals surface area contributed by atoms with E-state index in [1.165, 1.54) is 18.5 Å². The number of guanidine groups is 1. The Morgan fingerprint density at radius 3 is 2.93 bits per heavy atom. The highest BCUT2D eigenvalue weighted by Gasteiger charge is 2.32. The highest BCUT2D eigenvalue weighted by atomic mass is 32.2. The number of ether oxygens (including phenoxy) is 2. The quantitative estimate of drug-likeness (QED) is 0.375. The number of pyridine rings is 1. The first-order chi connectivity index (χ1) is 13.6. The SMILES string of the molecule is CCNC(=NCCNS(=O)(=O)c1cccnc1)N1CCOC(C2CCCO2)C1. The fourth-order valence-electron chi connectivity index (χ4n) is 3.35. The van der Waals surface area contributed by atoms with Crippen LogP contribution in [0.4, 0.5) is 0 Å².